The zero-order valence-electron chi connectivity index (χ0n) is 8.02. The highest BCUT2D eigenvalue weighted by Crippen LogP contribution is 2.24. The van der Waals surface area contributed by atoms with E-state index in [1.807, 2.05) is 5.38 Å². The Balaban J connectivity index is 0.000000617. The number of aromatic amines is 1. The topological polar surface area (TPSA) is 50.8 Å². The van der Waals surface area contributed by atoms with E-state index in [4.69, 9.17) is 4.74 Å². The molecule has 0 amide bonds. The fourth-order valence-corrected chi connectivity index (χ4v) is 1.52. The molecule has 2 aromatic heterocycles. The highest BCUT2D eigenvalue weighted by molar-refractivity contribution is 7.11. The molecule has 0 saturated carbocycles. The van der Waals surface area contributed by atoms with E-state index < -0.39 is 0 Å². The molecule has 15 heavy (non-hydrogen) atoms. The number of aromatic nitrogens is 3. The molecule has 0 atom stereocenters. The van der Waals surface area contributed by atoms with Gasteiger partial charge in [-0.3, -0.25) is 5.10 Å². The summed E-state index contributed by atoms with van der Waals surface area (Å²) in [5.74, 6) is 0. The third kappa shape index (κ3) is 3.40. The second kappa shape index (κ2) is 7.06. The normalized spacial score (nSPS) is 8.40. The first-order valence-corrected chi connectivity index (χ1v) is 4.84. The SMILES string of the molecule is C.COc1nc(-c2cn[nH]c2)cs1.[B]C. The van der Waals surface area contributed by atoms with Crippen molar-refractivity contribution in [2.45, 2.75) is 14.2 Å². The van der Waals surface area contributed by atoms with Gasteiger partial charge in [0, 0.05) is 17.1 Å². The van der Waals surface area contributed by atoms with Crippen LogP contribution in [-0.2, 0) is 0 Å². The van der Waals surface area contributed by atoms with E-state index in [9.17, 15) is 0 Å². The molecule has 1 N–H and O–H groups in total. The zero-order valence-corrected chi connectivity index (χ0v) is 8.84. The Morgan fingerprint density at radius 1 is 1.47 bits per heavy atom. The Morgan fingerprint density at radius 2 is 2.20 bits per heavy atom. The summed E-state index contributed by atoms with van der Waals surface area (Å²) < 4.78 is 4.97. The summed E-state index contributed by atoms with van der Waals surface area (Å²) in [5, 5.41) is 9.17. The largest absolute Gasteiger partial charge is 0.473 e. The van der Waals surface area contributed by atoms with Crippen LogP contribution in [0.2, 0.25) is 6.82 Å². The van der Waals surface area contributed by atoms with E-state index in [2.05, 4.69) is 23.0 Å². The summed E-state index contributed by atoms with van der Waals surface area (Å²) in [6.07, 6.45) is 3.53. The molecule has 2 aromatic rings. The fourth-order valence-electron chi connectivity index (χ4n) is 0.875. The first-order chi connectivity index (χ1) is 6.90. The van der Waals surface area contributed by atoms with Gasteiger partial charge in [0.25, 0.3) is 5.19 Å². The van der Waals surface area contributed by atoms with E-state index >= 15 is 0 Å². The zero-order chi connectivity index (χ0) is 10.4. The van der Waals surface area contributed by atoms with Crippen LogP contribution in [-0.4, -0.2) is 30.1 Å². The molecule has 0 spiro atoms. The predicted octanol–water partition coefficient (Wildman–Crippen LogP) is 2.38. The van der Waals surface area contributed by atoms with Crippen LogP contribution in [0.3, 0.4) is 0 Å². The van der Waals surface area contributed by atoms with Gasteiger partial charge in [-0.1, -0.05) is 25.6 Å². The van der Waals surface area contributed by atoms with Crippen LogP contribution in [0.15, 0.2) is 17.8 Å². The average Bonchev–Trinajstić information content (AvgIpc) is 2.91. The Hall–Kier alpha value is -1.30. The van der Waals surface area contributed by atoms with Gasteiger partial charge in [-0.05, 0) is 0 Å². The summed E-state index contributed by atoms with van der Waals surface area (Å²) in [4.78, 5) is 4.21. The van der Waals surface area contributed by atoms with Crippen molar-refractivity contribution in [3.05, 3.63) is 17.8 Å². The van der Waals surface area contributed by atoms with E-state index in [0.29, 0.717) is 5.19 Å². The molecular weight excluding hydrogens is 209 g/mol. The quantitative estimate of drug-likeness (QED) is 0.795. The van der Waals surface area contributed by atoms with Crippen molar-refractivity contribution in [1.29, 1.82) is 0 Å². The lowest BCUT2D eigenvalue weighted by Crippen LogP contribution is -1.80. The van der Waals surface area contributed by atoms with Gasteiger partial charge in [-0.25, -0.2) is 4.98 Å². The summed E-state index contributed by atoms with van der Waals surface area (Å²) >= 11 is 1.47. The maximum atomic E-state index is 4.97. The summed E-state index contributed by atoms with van der Waals surface area (Å²) in [5.41, 5.74) is 1.88. The molecule has 2 heterocycles. The standard InChI is InChI=1S/C7H7N3OS.CH3B.CH4/c1-11-7-10-6(4-12-7)5-2-8-9-3-5;1-2;/h2-4H,1H3,(H,8,9);1H3;1H4. The number of thiazole rings is 1. The van der Waals surface area contributed by atoms with Crippen LogP contribution in [0.25, 0.3) is 11.3 Å². The molecule has 4 nitrogen and oxygen atoms in total. The van der Waals surface area contributed by atoms with Crippen molar-refractivity contribution in [2.24, 2.45) is 0 Å². The van der Waals surface area contributed by atoms with Gasteiger partial charge in [-0.15, -0.1) is 0 Å². The first kappa shape index (κ1) is 13.7. The lowest BCUT2D eigenvalue weighted by Gasteiger charge is -1.88. The molecule has 80 valence electrons. The van der Waals surface area contributed by atoms with Crippen LogP contribution in [0, 0.1) is 0 Å². The minimum Gasteiger partial charge on any atom is -0.473 e. The Kier molecular flexibility index (Phi) is 6.45. The third-order valence-corrected chi connectivity index (χ3v) is 2.25. The number of ether oxygens (including phenoxy) is 1. The number of H-pyrrole nitrogens is 1. The van der Waals surface area contributed by atoms with Crippen LogP contribution in [0.1, 0.15) is 7.43 Å². The van der Waals surface area contributed by atoms with Crippen molar-refractivity contribution >= 4 is 19.2 Å². The van der Waals surface area contributed by atoms with Crippen LogP contribution in [0.4, 0.5) is 0 Å². The molecule has 2 radical (unpaired) electrons. The number of rotatable bonds is 2. The van der Waals surface area contributed by atoms with Crippen LogP contribution in [0.5, 0.6) is 5.19 Å². The van der Waals surface area contributed by atoms with Crippen LogP contribution >= 0.6 is 11.3 Å². The fraction of sp³-hybridized carbons (Fsp3) is 0.333. The van der Waals surface area contributed by atoms with E-state index in [-0.39, 0.29) is 7.43 Å². The Labute approximate surface area is 95.1 Å². The Bertz CT molecular complexity index is 361. The number of nitrogens with one attached hydrogen (secondary N) is 1. The predicted molar refractivity (Wildman–Crippen MR) is 64.6 cm³/mol. The molecule has 0 saturated heterocycles. The highest BCUT2D eigenvalue weighted by atomic mass is 32.1. The molecule has 0 aliphatic heterocycles. The number of methoxy groups -OCH3 is 1. The monoisotopic (exact) mass is 223 g/mol. The van der Waals surface area contributed by atoms with Gasteiger partial charge in [-0.2, -0.15) is 5.10 Å². The Morgan fingerprint density at radius 3 is 2.67 bits per heavy atom. The summed E-state index contributed by atoms with van der Waals surface area (Å²) in [7, 11) is 6.11. The van der Waals surface area contributed by atoms with Gasteiger partial charge in [0.1, 0.15) is 0 Å². The minimum atomic E-state index is 0. The first-order valence-electron chi connectivity index (χ1n) is 3.96. The molecule has 2 rings (SSSR count). The van der Waals surface area contributed by atoms with Crippen molar-refractivity contribution in [3.8, 4) is 16.5 Å². The highest BCUT2D eigenvalue weighted by Gasteiger charge is 2.04. The summed E-state index contributed by atoms with van der Waals surface area (Å²) in [6.45, 7) is 1.50. The maximum absolute atomic E-state index is 4.97. The number of hydrogen-bond acceptors (Lipinski definition) is 4. The van der Waals surface area contributed by atoms with E-state index in [0.717, 1.165) is 11.3 Å². The van der Waals surface area contributed by atoms with Gasteiger partial charge in [0.15, 0.2) is 0 Å². The van der Waals surface area contributed by atoms with Crippen molar-refractivity contribution in [3.63, 3.8) is 0 Å². The molecule has 0 bridgehead atoms. The minimum absolute atomic E-state index is 0. The number of nitrogens with zero attached hydrogens (tertiary/aromatic N) is 2. The van der Waals surface area contributed by atoms with Crippen molar-refractivity contribution in [1.82, 2.24) is 15.2 Å². The van der Waals surface area contributed by atoms with Crippen molar-refractivity contribution < 1.29 is 4.74 Å². The molecule has 0 fully saturated rings. The van der Waals surface area contributed by atoms with Gasteiger partial charge in [0.05, 0.1) is 26.8 Å². The molecule has 0 unspecified atom stereocenters. The molecule has 0 aliphatic carbocycles. The van der Waals surface area contributed by atoms with Gasteiger partial charge in [0.2, 0.25) is 0 Å². The van der Waals surface area contributed by atoms with Gasteiger partial charge >= 0.3 is 0 Å². The van der Waals surface area contributed by atoms with Gasteiger partial charge < -0.3 is 4.74 Å². The molecule has 6 heteroatoms. The maximum Gasteiger partial charge on any atom is 0.273 e. The lowest BCUT2D eigenvalue weighted by molar-refractivity contribution is 0.412. The second-order valence-corrected chi connectivity index (χ2v) is 3.01. The number of hydrogen-bond donors (Lipinski definition) is 1. The summed E-state index contributed by atoms with van der Waals surface area (Å²) in [6, 6.07) is 0. The molecular formula is C9H14BN3OS. The molecule has 0 aliphatic rings. The molecule has 0 aromatic carbocycles. The van der Waals surface area contributed by atoms with E-state index in [1.54, 1.807) is 19.5 Å². The van der Waals surface area contributed by atoms with Crippen LogP contribution < -0.4 is 4.74 Å². The van der Waals surface area contributed by atoms with E-state index in [1.165, 1.54) is 18.2 Å². The average molecular weight is 223 g/mol. The lowest BCUT2D eigenvalue weighted by atomic mass is 10.2. The van der Waals surface area contributed by atoms with Crippen molar-refractivity contribution in [2.75, 3.05) is 7.11 Å². The third-order valence-electron chi connectivity index (χ3n) is 1.45. The smallest absolute Gasteiger partial charge is 0.273 e. The second-order valence-electron chi connectivity index (χ2n) is 2.19.